The zero-order valence-electron chi connectivity index (χ0n) is 14.5. The molecule has 0 aromatic heterocycles. The number of anilines is 1. The monoisotopic (exact) mass is 378 g/mol. The first kappa shape index (κ1) is 19.8. The van der Waals surface area contributed by atoms with Crippen molar-refractivity contribution in [2.45, 2.75) is 19.0 Å². The fraction of sp³-hybridized carbons (Fsp3) is 0.278. The smallest absolute Gasteiger partial charge is 0.287 e. The van der Waals surface area contributed by atoms with Crippen LogP contribution < -0.4 is 10.6 Å². The van der Waals surface area contributed by atoms with E-state index in [1.807, 2.05) is 42.6 Å². The average molecular weight is 379 g/mol. The van der Waals surface area contributed by atoms with Crippen LogP contribution in [0.25, 0.3) is 0 Å². The molecule has 3 N–H and O–H groups in total. The van der Waals surface area contributed by atoms with Gasteiger partial charge in [0.15, 0.2) is 6.04 Å². The number of ether oxygens (including phenoxy) is 1. The van der Waals surface area contributed by atoms with E-state index < -0.39 is 11.0 Å². The number of carbonyl (C=O) groups is 1. The number of nitro benzene ring substituents is 1. The topological polar surface area (TPSA) is 98.1 Å². The first-order valence-corrected chi connectivity index (χ1v) is 8.44. The van der Waals surface area contributed by atoms with Gasteiger partial charge in [0.25, 0.3) is 11.6 Å². The van der Waals surface area contributed by atoms with Crippen molar-refractivity contribution in [3.05, 3.63) is 69.2 Å². The Bertz CT molecular complexity index is 770. The van der Waals surface area contributed by atoms with Gasteiger partial charge in [-0.25, -0.2) is 0 Å². The van der Waals surface area contributed by atoms with Crippen molar-refractivity contribution in [1.29, 1.82) is 0 Å². The highest BCUT2D eigenvalue weighted by molar-refractivity contribution is 6.34. The van der Waals surface area contributed by atoms with E-state index in [-0.39, 0.29) is 22.7 Å². The van der Waals surface area contributed by atoms with Crippen LogP contribution in [-0.2, 0) is 9.53 Å². The molecule has 0 saturated heterocycles. The van der Waals surface area contributed by atoms with Crippen molar-refractivity contribution in [3.8, 4) is 0 Å². The van der Waals surface area contributed by atoms with Crippen LogP contribution in [0.5, 0.6) is 0 Å². The van der Waals surface area contributed by atoms with Gasteiger partial charge in [0.2, 0.25) is 0 Å². The van der Waals surface area contributed by atoms with E-state index in [0.29, 0.717) is 12.3 Å². The Hall–Kier alpha value is -2.48. The predicted molar refractivity (Wildman–Crippen MR) is 99.2 cm³/mol. The normalized spacial score (nSPS) is 13.0. The Morgan fingerprint density at radius 2 is 2.00 bits per heavy atom. The van der Waals surface area contributed by atoms with Crippen LogP contribution in [-0.4, -0.2) is 30.6 Å². The Morgan fingerprint density at radius 1 is 1.31 bits per heavy atom. The summed E-state index contributed by atoms with van der Waals surface area (Å²) in [5.74, 6) is -0.269. The minimum absolute atomic E-state index is 0.0586. The number of quaternary nitrogens is 1. The first-order chi connectivity index (χ1) is 12.4. The lowest BCUT2D eigenvalue weighted by atomic mass is 10.0. The number of hydrogen-bond donors (Lipinski definition) is 2. The minimum atomic E-state index is -0.537. The summed E-state index contributed by atoms with van der Waals surface area (Å²) in [5, 5.41) is 15.6. The largest absolute Gasteiger partial charge is 0.379 e. The highest BCUT2D eigenvalue weighted by atomic mass is 35.5. The standard InChI is InChI=1S/C18H20ClN3O4/c1-12(11-26-2)20-17(13-6-4-3-5-7-13)18(23)21-16-9-8-14(22(24)25)10-15(16)19/h3-10,12,17,20H,11H2,1-2H3,(H,21,23)/p+1/t12-,17+/m1/s1. The van der Waals surface area contributed by atoms with Crippen molar-refractivity contribution in [3.63, 3.8) is 0 Å². The molecule has 2 aromatic rings. The van der Waals surface area contributed by atoms with E-state index >= 15 is 0 Å². The fourth-order valence-electron chi connectivity index (χ4n) is 2.59. The average Bonchev–Trinajstić information content (AvgIpc) is 2.62. The molecular formula is C18H21ClN3O4+. The molecule has 1 amide bonds. The molecule has 0 aliphatic carbocycles. The molecular weight excluding hydrogens is 358 g/mol. The maximum absolute atomic E-state index is 12.8. The molecule has 0 saturated carbocycles. The number of nitrogens with two attached hydrogens (primary N) is 1. The Labute approximate surface area is 156 Å². The highest BCUT2D eigenvalue weighted by Crippen LogP contribution is 2.27. The third kappa shape index (κ3) is 5.26. The van der Waals surface area contributed by atoms with Crippen LogP contribution in [0.4, 0.5) is 11.4 Å². The number of non-ortho nitro benzene ring substituents is 1. The van der Waals surface area contributed by atoms with E-state index in [4.69, 9.17) is 16.3 Å². The summed E-state index contributed by atoms with van der Waals surface area (Å²) in [6.07, 6.45) is 0. The second kappa shape index (κ2) is 9.28. The van der Waals surface area contributed by atoms with Crippen molar-refractivity contribution < 1.29 is 19.8 Å². The van der Waals surface area contributed by atoms with Crippen molar-refractivity contribution in [2.75, 3.05) is 19.0 Å². The zero-order valence-corrected chi connectivity index (χ0v) is 15.3. The molecule has 138 valence electrons. The maximum atomic E-state index is 12.8. The second-order valence-corrected chi connectivity index (χ2v) is 6.33. The van der Waals surface area contributed by atoms with Crippen LogP contribution in [0, 0.1) is 10.1 Å². The number of nitro groups is 1. The van der Waals surface area contributed by atoms with Crippen LogP contribution in [0.15, 0.2) is 48.5 Å². The number of rotatable bonds is 8. The number of hydrogen-bond acceptors (Lipinski definition) is 4. The van der Waals surface area contributed by atoms with Gasteiger partial charge in [-0.3, -0.25) is 14.9 Å². The minimum Gasteiger partial charge on any atom is -0.379 e. The lowest BCUT2D eigenvalue weighted by molar-refractivity contribution is -0.713. The maximum Gasteiger partial charge on any atom is 0.287 e. The Kier molecular flexibility index (Phi) is 7.08. The number of amides is 1. The number of carbonyl (C=O) groups excluding carboxylic acids is 1. The molecule has 2 aromatic carbocycles. The van der Waals surface area contributed by atoms with E-state index in [2.05, 4.69) is 5.32 Å². The van der Waals surface area contributed by atoms with E-state index in [1.165, 1.54) is 18.2 Å². The van der Waals surface area contributed by atoms with Gasteiger partial charge < -0.3 is 15.4 Å². The Balaban J connectivity index is 2.22. The van der Waals surface area contributed by atoms with Gasteiger partial charge in [-0.05, 0) is 13.0 Å². The van der Waals surface area contributed by atoms with Gasteiger partial charge in [0.05, 0.1) is 22.2 Å². The number of nitrogens with one attached hydrogen (secondary N) is 1. The third-order valence-electron chi connectivity index (χ3n) is 3.81. The number of benzene rings is 2. The number of methoxy groups -OCH3 is 1. The van der Waals surface area contributed by atoms with Crippen molar-refractivity contribution in [2.24, 2.45) is 0 Å². The summed E-state index contributed by atoms with van der Waals surface area (Å²) >= 11 is 6.07. The van der Waals surface area contributed by atoms with Crippen LogP contribution in [0.1, 0.15) is 18.5 Å². The molecule has 0 fully saturated rings. The van der Waals surface area contributed by atoms with Crippen LogP contribution in [0.2, 0.25) is 5.02 Å². The quantitative estimate of drug-likeness (QED) is 0.544. The summed E-state index contributed by atoms with van der Waals surface area (Å²) in [7, 11) is 1.61. The van der Waals surface area contributed by atoms with Gasteiger partial charge in [-0.2, -0.15) is 0 Å². The fourth-order valence-corrected chi connectivity index (χ4v) is 2.81. The van der Waals surface area contributed by atoms with Gasteiger partial charge in [0.1, 0.15) is 6.04 Å². The molecule has 2 atom stereocenters. The van der Waals surface area contributed by atoms with E-state index in [0.717, 1.165) is 5.56 Å². The van der Waals surface area contributed by atoms with Crippen molar-refractivity contribution in [1.82, 2.24) is 0 Å². The van der Waals surface area contributed by atoms with Crippen molar-refractivity contribution >= 4 is 28.9 Å². The highest BCUT2D eigenvalue weighted by Gasteiger charge is 2.27. The van der Waals surface area contributed by atoms with E-state index in [9.17, 15) is 14.9 Å². The molecule has 7 nitrogen and oxygen atoms in total. The number of nitrogens with zero attached hydrogens (tertiary/aromatic N) is 1. The predicted octanol–water partition coefficient (Wildman–Crippen LogP) is 2.53. The molecule has 0 unspecified atom stereocenters. The summed E-state index contributed by atoms with van der Waals surface area (Å²) in [6, 6.07) is 12.9. The number of halogens is 1. The second-order valence-electron chi connectivity index (χ2n) is 5.92. The van der Waals surface area contributed by atoms with Gasteiger partial charge >= 0.3 is 0 Å². The molecule has 0 aliphatic heterocycles. The molecule has 0 radical (unpaired) electrons. The molecule has 0 heterocycles. The van der Waals surface area contributed by atoms with E-state index in [1.54, 1.807) is 7.11 Å². The van der Waals surface area contributed by atoms with Gasteiger partial charge in [-0.15, -0.1) is 0 Å². The summed E-state index contributed by atoms with van der Waals surface area (Å²) < 4.78 is 5.15. The molecule has 8 heteroatoms. The van der Waals surface area contributed by atoms with Crippen LogP contribution >= 0.6 is 11.6 Å². The van der Waals surface area contributed by atoms with Crippen LogP contribution in [0.3, 0.4) is 0 Å². The summed E-state index contributed by atoms with van der Waals surface area (Å²) in [5.41, 5.74) is 1.04. The zero-order chi connectivity index (χ0) is 19.1. The third-order valence-corrected chi connectivity index (χ3v) is 4.13. The molecule has 0 aliphatic rings. The summed E-state index contributed by atoms with van der Waals surface area (Å²) in [4.78, 5) is 23.1. The molecule has 0 spiro atoms. The van der Waals surface area contributed by atoms with Gasteiger partial charge in [0, 0.05) is 24.8 Å². The Morgan fingerprint density at radius 3 is 2.58 bits per heavy atom. The molecule has 2 rings (SSSR count). The molecule has 26 heavy (non-hydrogen) atoms. The van der Waals surface area contributed by atoms with Gasteiger partial charge in [-0.1, -0.05) is 41.9 Å². The lowest BCUT2D eigenvalue weighted by Crippen LogP contribution is -2.92. The molecule has 0 bridgehead atoms. The lowest BCUT2D eigenvalue weighted by Gasteiger charge is -2.20. The first-order valence-electron chi connectivity index (χ1n) is 8.06. The SMILES string of the molecule is COC[C@@H](C)[NH2+][C@H](C(=O)Nc1ccc([N+](=O)[O-])cc1Cl)c1ccccc1. The summed E-state index contributed by atoms with van der Waals surface area (Å²) in [6.45, 7) is 2.46.